The van der Waals surface area contributed by atoms with Crippen LogP contribution in [0.4, 0.5) is 11.4 Å². The molecule has 2 N–H and O–H groups in total. The van der Waals surface area contributed by atoms with E-state index in [0.29, 0.717) is 10.7 Å². The Balaban J connectivity index is 1.75. The molecule has 1 aromatic heterocycles. The van der Waals surface area contributed by atoms with Crippen molar-refractivity contribution in [2.24, 2.45) is 0 Å². The zero-order valence-electron chi connectivity index (χ0n) is 15.0. The molecule has 0 radical (unpaired) electrons. The highest BCUT2D eigenvalue weighted by Gasteiger charge is 2.18. The number of rotatable bonds is 5. The lowest BCUT2D eigenvalue weighted by Crippen LogP contribution is -2.32. The van der Waals surface area contributed by atoms with E-state index in [9.17, 15) is 4.79 Å². The lowest BCUT2D eigenvalue weighted by atomic mass is 10.2. The third kappa shape index (κ3) is 3.89. The first kappa shape index (κ1) is 18.0. The molecular formula is C20H21ClN4O. The Morgan fingerprint density at radius 2 is 1.73 bits per heavy atom. The minimum absolute atomic E-state index is 0.126. The van der Waals surface area contributed by atoms with Crippen LogP contribution < -0.4 is 10.6 Å². The summed E-state index contributed by atoms with van der Waals surface area (Å²) in [6, 6.07) is 16.5. The van der Waals surface area contributed by atoms with Crippen LogP contribution in [-0.2, 0) is 4.79 Å². The number of halogens is 1. The number of hydrogen-bond donors (Lipinski definition) is 2. The summed E-state index contributed by atoms with van der Waals surface area (Å²) in [7, 11) is 0. The van der Waals surface area contributed by atoms with E-state index in [0.717, 1.165) is 22.8 Å². The average molecular weight is 369 g/mol. The highest BCUT2D eigenvalue weighted by Crippen LogP contribution is 2.23. The van der Waals surface area contributed by atoms with Crippen molar-refractivity contribution in [1.82, 2.24) is 9.78 Å². The van der Waals surface area contributed by atoms with E-state index in [1.165, 1.54) is 0 Å². The van der Waals surface area contributed by atoms with Crippen molar-refractivity contribution in [3.05, 3.63) is 71.0 Å². The molecule has 0 saturated carbocycles. The van der Waals surface area contributed by atoms with Crippen LogP contribution in [0, 0.1) is 13.8 Å². The van der Waals surface area contributed by atoms with Gasteiger partial charge < -0.3 is 10.6 Å². The van der Waals surface area contributed by atoms with Crippen LogP contribution in [0.3, 0.4) is 0 Å². The van der Waals surface area contributed by atoms with Gasteiger partial charge in [-0.3, -0.25) is 4.79 Å². The fraction of sp³-hybridized carbons (Fsp3) is 0.200. The summed E-state index contributed by atoms with van der Waals surface area (Å²) in [6.07, 6.45) is 0. The molecule has 0 saturated heterocycles. The van der Waals surface area contributed by atoms with Crippen LogP contribution >= 0.6 is 11.6 Å². The van der Waals surface area contributed by atoms with E-state index in [4.69, 9.17) is 11.6 Å². The first-order valence-electron chi connectivity index (χ1n) is 8.40. The SMILES string of the molecule is Cc1nn(-c2ccccc2)c(C)c1NC(C)C(=O)Nc1ccc(Cl)cc1. The number of amides is 1. The summed E-state index contributed by atoms with van der Waals surface area (Å²) in [5.41, 5.74) is 4.37. The lowest BCUT2D eigenvalue weighted by Gasteiger charge is -2.16. The number of aromatic nitrogens is 2. The molecule has 0 spiro atoms. The fourth-order valence-corrected chi connectivity index (χ4v) is 2.86. The first-order valence-corrected chi connectivity index (χ1v) is 8.78. The van der Waals surface area contributed by atoms with Gasteiger partial charge in [-0.1, -0.05) is 29.8 Å². The summed E-state index contributed by atoms with van der Waals surface area (Å²) < 4.78 is 1.88. The standard InChI is InChI=1S/C20H21ClN4O/c1-13-19(15(3)25(24-13)18-7-5-4-6-8-18)22-14(2)20(26)23-17-11-9-16(21)10-12-17/h4-12,14,22H,1-3H3,(H,23,26). The summed E-state index contributed by atoms with van der Waals surface area (Å²) in [6.45, 7) is 5.74. The van der Waals surface area contributed by atoms with Gasteiger partial charge in [-0.15, -0.1) is 0 Å². The highest BCUT2D eigenvalue weighted by atomic mass is 35.5. The van der Waals surface area contributed by atoms with Crippen molar-refractivity contribution in [1.29, 1.82) is 0 Å². The molecule has 3 aromatic rings. The Hall–Kier alpha value is -2.79. The lowest BCUT2D eigenvalue weighted by molar-refractivity contribution is -0.116. The molecule has 134 valence electrons. The van der Waals surface area contributed by atoms with Gasteiger partial charge in [0.05, 0.1) is 22.8 Å². The number of benzene rings is 2. The number of nitrogens with one attached hydrogen (secondary N) is 2. The second-order valence-electron chi connectivity index (χ2n) is 6.16. The maximum absolute atomic E-state index is 12.5. The largest absolute Gasteiger partial charge is 0.371 e. The Kier molecular flexibility index (Phi) is 5.28. The zero-order chi connectivity index (χ0) is 18.7. The van der Waals surface area contributed by atoms with E-state index >= 15 is 0 Å². The monoisotopic (exact) mass is 368 g/mol. The van der Waals surface area contributed by atoms with Crippen LogP contribution in [-0.4, -0.2) is 21.7 Å². The molecule has 2 aromatic carbocycles. The second kappa shape index (κ2) is 7.62. The zero-order valence-corrected chi connectivity index (χ0v) is 15.7. The number of aryl methyl sites for hydroxylation is 1. The summed E-state index contributed by atoms with van der Waals surface area (Å²) in [5, 5.41) is 11.4. The van der Waals surface area contributed by atoms with Crippen molar-refractivity contribution < 1.29 is 4.79 Å². The normalized spacial score (nSPS) is 11.8. The molecule has 26 heavy (non-hydrogen) atoms. The van der Waals surface area contributed by atoms with Crippen LogP contribution in [0.25, 0.3) is 5.69 Å². The van der Waals surface area contributed by atoms with Crippen LogP contribution in [0.1, 0.15) is 18.3 Å². The number of nitrogens with zero attached hydrogens (tertiary/aromatic N) is 2. The van der Waals surface area contributed by atoms with Gasteiger partial charge in [0.2, 0.25) is 5.91 Å². The van der Waals surface area contributed by atoms with Gasteiger partial charge in [0.25, 0.3) is 0 Å². The van der Waals surface area contributed by atoms with Crippen molar-refractivity contribution in [2.45, 2.75) is 26.8 Å². The minimum Gasteiger partial charge on any atom is -0.371 e. The van der Waals surface area contributed by atoms with E-state index in [1.807, 2.05) is 55.8 Å². The molecular weight excluding hydrogens is 348 g/mol. The summed E-state index contributed by atoms with van der Waals surface area (Å²) in [5.74, 6) is -0.126. The quantitative estimate of drug-likeness (QED) is 0.692. The molecule has 5 nitrogen and oxygen atoms in total. The van der Waals surface area contributed by atoms with E-state index in [-0.39, 0.29) is 5.91 Å². The average Bonchev–Trinajstić information content (AvgIpc) is 2.92. The van der Waals surface area contributed by atoms with E-state index in [1.54, 1.807) is 24.3 Å². The Bertz CT molecular complexity index is 904. The molecule has 3 rings (SSSR count). The van der Waals surface area contributed by atoms with Gasteiger partial charge in [0.15, 0.2) is 0 Å². The van der Waals surface area contributed by atoms with E-state index < -0.39 is 6.04 Å². The third-order valence-electron chi connectivity index (χ3n) is 4.16. The molecule has 0 aliphatic carbocycles. The topological polar surface area (TPSA) is 59.0 Å². The maximum Gasteiger partial charge on any atom is 0.246 e. The van der Waals surface area contributed by atoms with Crippen LogP contribution in [0.2, 0.25) is 5.02 Å². The minimum atomic E-state index is -0.420. The number of anilines is 2. The molecule has 0 aliphatic rings. The van der Waals surface area contributed by atoms with E-state index in [2.05, 4.69) is 15.7 Å². The maximum atomic E-state index is 12.5. The van der Waals surface area contributed by atoms with Gasteiger partial charge >= 0.3 is 0 Å². The van der Waals surface area contributed by atoms with Crippen molar-refractivity contribution >= 4 is 28.9 Å². The molecule has 1 atom stereocenters. The molecule has 1 heterocycles. The molecule has 1 amide bonds. The van der Waals surface area contributed by atoms with Crippen molar-refractivity contribution in [3.63, 3.8) is 0 Å². The number of hydrogen-bond acceptors (Lipinski definition) is 3. The van der Waals surface area contributed by atoms with Gasteiger partial charge in [-0.25, -0.2) is 4.68 Å². The van der Waals surface area contributed by atoms with Crippen LogP contribution in [0.15, 0.2) is 54.6 Å². The van der Waals surface area contributed by atoms with Crippen molar-refractivity contribution in [2.75, 3.05) is 10.6 Å². The second-order valence-corrected chi connectivity index (χ2v) is 6.59. The molecule has 0 bridgehead atoms. The Morgan fingerprint density at radius 3 is 2.38 bits per heavy atom. The summed E-state index contributed by atoms with van der Waals surface area (Å²) >= 11 is 5.87. The predicted molar refractivity (Wildman–Crippen MR) is 106 cm³/mol. The molecule has 6 heteroatoms. The Labute approximate surface area is 158 Å². The fourth-order valence-electron chi connectivity index (χ4n) is 2.74. The third-order valence-corrected chi connectivity index (χ3v) is 4.41. The summed E-state index contributed by atoms with van der Waals surface area (Å²) in [4.78, 5) is 12.5. The van der Waals surface area contributed by atoms with Crippen molar-refractivity contribution in [3.8, 4) is 5.69 Å². The smallest absolute Gasteiger partial charge is 0.246 e. The van der Waals surface area contributed by atoms with Crippen LogP contribution in [0.5, 0.6) is 0 Å². The molecule has 0 aliphatic heterocycles. The molecule has 1 unspecified atom stereocenters. The van der Waals surface area contributed by atoms with Gasteiger partial charge in [-0.2, -0.15) is 5.10 Å². The number of carbonyl (C=O) groups is 1. The predicted octanol–water partition coefficient (Wildman–Crippen LogP) is 4.58. The van der Waals surface area contributed by atoms with Gasteiger partial charge in [0, 0.05) is 10.7 Å². The highest BCUT2D eigenvalue weighted by molar-refractivity contribution is 6.30. The van der Waals surface area contributed by atoms with Gasteiger partial charge in [-0.05, 0) is 57.2 Å². The molecule has 0 fully saturated rings. The number of para-hydroxylation sites is 1. The number of carbonyl (C=O) groups excluding carboxylic acids is 1. The first-order chi connectivity index (χ1) is 12.5. The Morgan fingerprint density at radius 1 is 1.08 bits per heavy atom. The van der Waals surface area contributed by atoms with Gasteiger partial charge in [0.1, 0.15) is 6.04 Å².